The second kappa shape index (κ2) is 13.2. The Morgan fingerprint density at radius 1 is 1.25 bits per heavy atom. The first-order valence-electron chi connectivity index (χ1n) is 7.79. The fourth-order valence-electron chi connectivity index (χ4n) is 2.54. The Morgan fingerprint density at radius 2 is 2.00 bits per heavy atom. The molecule has 0 atom stereocenters. The van der Waals surface area contributed by atoms with Gasteiger partial charge in [0.1, 0.15) is 5.82 Å². The number of aromatic nitrogens is 2. The molecule has 2 rings (SSSR count). The van der Waals surface area contributed by atoms with E-state index >= 15 is 0 Å². The molecule has 0 aromatic carbocycles. The highest BCUT2D eigenvalue weighted by Gasteiger charge is 2.25. The van der Waals surface area contributed by atoms with Crippen molar-refractivity contribution in [2.75, 3.05) is 51.3 Å². The topological polar surface area (TPSA) is 79.4 Å². The monoisotopic (exact) mass is 379 g/mol. The third-order valence-corrected chi connectivity index (χ3v) is 3.82. The molecule has 2 heterocycles. The number of amides is 1. The minimum absolute atomic E-state index is 0. The molecule has 0 unspecified atom stereocenters. The van der Waals surface area contributed by atoms with Gasteiger partial charge in [0.25, 0.3) is 0 Å². The molecule has 1 aromatic rings. The number of halogens is 2. The van der Waals surface area contributed by atoms with Gasteiger partial charge in [-0.15, -0.1) is 24.8 Å². The SMILES string of the molecule is COCCNCCNC(=O)C1CCN(c2cnccn2)CC1.Cl.Cl. The van der Waals surface area contributed by atoms with E-state index in [-0.39, 0.29) is 36.6 Å². The fraction of sp³-hybridized carbons (Fsp3) is 0.667. The summed E-state index contributed by atoms with van der Waals surface area (Å²) in [6.07, 6.45) is 6.86. The molecule has 1 aliphatic heterocycles. The largest absolute Gasteiger partial charge is 0.383 e. The Labute approximate surface area is 155 Å². The summed E-state index contributed by atoms with van der Waals surface area (Å²) in [6.45, 7) is 4.63. The normalized spacial score (nSPS) is 14.5. The molecule has 1 amide bonds. The third kappa shape index (κ3) is 7.61. The van der Waals surface area contributed by atoms with Crippen LogP contribution in [0.5, 0.6) is 0 Å². The lowest BCUT2D eigenvalue weighted by atomic mass is 9.96. The number of nitrogens with one attached hydrogen (secondary N) is 2. The summed E-state index contributed by atoms with van der Waals surface area (Å²) >= 11 is 0. The van der Waals surface area contributed by atoms with Crippen molar-refractivity contribution >= 4 is 36.5 Å². The number of carbonyl (C=O) groups excluding carboxylic acids is 1. The highest BCUT2D eigenvalue weighted by atomic mass is 35.5. The van der Waals surface area contributed by atoms with Crippen LogP contribution >= 0.6 is 24.8 Å². The summed E-state index contributed by atoms with van der Waals surface area (Å²) in [5.74, 6) is 1.16. The molecule has 0 spiro atoms. The zero-order valence-electron chi connectivity index (χ0n) is 13.9. The van der Waals surface area contributed by atoms with Crippen molar-refractivity contribution in [1.29, 1.82) is 0 Å². The van der Waals surface area contributed by atoms with Crippen molar-refractivity contribution in [3.8, 4) is 0 Å². The van der Waals surface area contributed by atoms with Gasteiger partial charge >= 0.3 is 0 Å². The average Bonchev–Trinajstić information content (AvgIpc) is 2.59. The van der Waals surface area contributed by atoms with Gasteiger partial charge in [0.15, 0.2) is 0 Å². The number of rotatable bonds is 8. The van der Waals surface area contributed by atoms with E-state index in [1.165, 1.54) is 0 Å². The van der Waals surface area contributed by atoms with E-state index in [1.54, 1.807) is 25.7 Å². The molecule has 1 aliphatic rings. The molecular formula is C15H27Cl2N5O2. The number of ether oxygens (including phenoxy) is 1. The lowest BCUT2D eigenvalue weighted by molar-refractivity contribution is -0.125. The highest BCUT2D eigenvalue weighted by molar-refractivity contribution is 5.85. The Kier molecular flexibility index (Phi) is 12.5. The summed E-state index contributed by atoms with van der Waals surface area (Å²) < 4.78 is 4.95. The van der Waals surface area contributed by atoms with Crippen LogP contribution in [0.4, 0.5) is 5.82 Å². The smallest absolute Gasteiger partial charge is 0.223 e. The first kappa shape index (κ1) is 22.9. The number of methoxy groups -OCH3 is 1. The summed E-state index contributed by atoms with van der Waals surface area (Å²) in [7, 11) is 1.68. The second-order valence-electron chi connectivity index (χ2n) is 5.36. The summed E-state index contributed by atoms with van der Waals surface area (Å²) in [5.41, 5.74) is 0. The van der Waals surface area contributed by atoms with E-state index in [0.29, 0.717) is 13.2 Å². The van der Waals surface area contributed by atoms with Crippen LogP contribution in [0.15, 0.2) is 18.6 Å². The third-order valence-electron chi connectivity index (χ3n) is 3.82. The minimum Gasteiger partial charge on any atom is -0.383 e. The van der Waals surface area contributed by atoms with Crippen LogP contribution in [0.1, 0.15) is 12.8 Å². The van der Waals surface area contributed by atoms with Crippen LogP contribution in [0.3, 0.4) is 0 Å². The summed E-state index contributed by atoms with van der Waals surface area (Å²) in [6, 6.07) is 0. The molecule has 0 radical (unpaired) electrons. The maximum atomic E-state index is 12.1. The van der Waals surface area contributed by atoms with Crippen LogP contribution in [-0.4, -0.2) is 62.3 Å². The summed E-state index contributed by atoms with van der Waals surface area (Å²) in [5, 5.41) is 6.21. The van der Waals surface area contributed by atoms with Crippen molar-refractivity contribution in [3.63, 3.8) is 0 Å². The molecule has 7 nitrogen and oxygen atoms in total. The average molecular weight is 380 g/mol. The van der Waals surface area contributed by atoms with Crippen molar-refractivity contribution in [3.05, 3.63) is 18.6 Å². The predicted octanol–water partition coefficient (Wildman–Crippen LogP) is 0.889. The van der Waals surface area contributed by atoms with Gasteiger partial charge in [0.2, 0.25) is 5.91 Å². The molecular weight excluding hydrogens is 353 g/mol. The van der Waals surface area contributed by atoms with Gasteiger partial charge < -0.3 is 20.3 Å². The molecule has 1 aromatic heterocycles. The van der Waals surface area contributed by atoms with E-state index in [1.807, 2.05) is 0 Å². The van der Waals surface area contributed by atoms with Gasteiger partial charge in [0, 0.05) is 58.1 Å². The predicted molar refractivity (Wildman–Crippen MR) is 99.2 cm³/mol. The molecule has 138 valence electrons. The van der Waals surface area contributed by atoms with Gasteiger partial charge in [0.05, 0.1) is 12.8 Å². The van der Waals surface area contributed by atoms with Gasteiger partial charge in [-0.25, -0.2) is 4.98 Å². The van der Waals surface area contributed by atoms with E-state index in [2.05, 4.69) is 25.5 Å². The number of anilines is 1. The Balaban J connectivity index is 0.00000264. The molecule has 0 saturated carbocycles. The molecule has 0 bridgehead atoms. The molecule has 1 saturated heterocycles. The van der Waals surface area contributed by atoms with Crippen molar-refractivity contribution in [2.45, 2.75) is 12.8 Å². The van der Waals surface area contributed by atoms with E-state index in [0.717, 1.165) is 44.8 Å². The molecule has 9 heteroatoms. The van der Waals surface area contributed by atoms with E-state index in [9.17, 15) is 4.79 Å². The minimum atomic E-state index is 0. The van der Waals surface area contributed by atoms with Gasteiger partial charge in [-0.2, -0.15) is 0 Å². The Morgan fingerprint density at radius 3 is 2.62 bits per heavy atom. The first-order valence-corrected chi connectivity index (χ1v) is 7.79. The maximum Gasteiger partial charge on any atom is 0.223 e. The maximum absolute atomic E-state index is 12.1. The highest BCUT2D eigenvalue weighted by Crippen LogP contribution is 2.20. The number of hydrogen-bond acceptors (Lipinski definition) is 6. The fourth-order valence-corrected chi connectivity index (χ4v) is 2.54. The Bertz CT molecular complexity index is 445. The van der Waals surface area contributed by atoms with Crippen molar-refractivity contribution < 1.29 is 9.53 Å². The number of nitrogens with zero attached hydrogens (tertiary/aromatic N) is 3. The van der Waals surface area contributed by atoms with Gasteiger partial charge in [-0.1, -0.05) is 0 Å². The second-order valence-corrected chi connectivity index (χ2v) is 5.36. The molecule has 24 heavy (non-hydrogen) atoms. The first-order chi connectivity index (χ1) is 10.8. The summed E-state index contributed by atoms with van der Waals surface area (Å²) in [4.78, 5) is 22.7. The van der Waals surface area contributed by atoms with E-state index in [4.69, 9.17) is 4.74 Å². The number of carbonyl (C=O) groups is 1. The van der Waals surface area contributed by atoms with Crippen LogP contribution in [0.25, 0.3) is 0 Å². The molecule has 2 N–H and O–H groups in total. The van der Waals surface area contributed by atoms with Crippen LogP contribution in [-0.2, 0) is 9.53 Å². The number of hydrogen-bond donors (Lipinski definition) is 2. The lowest BCUT2D eigenvalue weighted by Gasteiger charge is -2.31. The molecule has 0 aliphatic carbocycles. The van der Waals surface area contributed by atoms with E-state index < -0.39 is 0 Å². The van der Waals surface area contributed by atoms with Crippen molar-refractivity contribution in [2.24, 2.45) is 5.92 Å². The lowest BCUT2D eigenvalue weighted by Crippen LogP contribution is -2.42. The van der Waals surface area contributed by atoms with Crippen molar-refractivity contribution in [1.82, 2.24) is 20.6 Å². The van der Waals surface area contributed by atoms with Crippen LogP contribution in [0.2, 0.25) is 0 Å². The Hall–Kier alpha value is -1.15. The van der Waals surface area contributed by atoms with Crippen LogP contribution < -0.4 is 15.5 Å². The zero-order chi connectivity index (χ0) is 15.6. The number of piperidine rings is 1. The van der Waals surface area contributed by atoms with Gasteiger partial charge in [-0.3, -0.25) is 9.78 Å². The zero-order valence-corrected chi connectivity index (χ0v) is 15.6. The molecule has 1 fully saturated rings. The van der Waals surface area contributed by atoms with Gasteiger partial charge in [-0.05, 0) is 12.8 Å². The van der Waals surface area contributed by atoms with Crippen LogP contribution in [0, 0.1) is 5.92 Å². The standard InChI is InChI=1S/C15H25N5O2.2ClH/c1-22-11-8-16-4-7-19-15(21)13-2-9-20(10-3-13)14-12-17-5-6-18-14;;/h5-6,12-13,16H,2-4,7-11H2,1H3,(H,19,21);2*1H. The quantitative estimate of drug-likeness (QED) is 0.653.